The number of hydrogen-bond acceptors (Lipinski definition) is 6. The molecule has 0 fully saturated rings. The van der Waals surface area contributed by atoms with Crippen LogP contribution in [0.2, 0.25) is 0 Å². The molecular weight excluding hydrogens is 390 g/mol. The number of aromatic nitrogens is 2. The molecule has 7 nitrogen and oxygen atoms in total. The highest BCUT2D eigenvalue weighted by atomic mass is 16.5. The van der Waals surface area contributed by atoms with Crippen LogP contribution >= 0.6 is 0 Å². The molecule has 0 bridgehead atoms. The van der Waals surface area contributed by atoms with Crippen LogP contribution in [0.4, 0.5) is 11.8 Å². The Hall–Kier alpha value is -2.67. The van der Waals surface area contributed by atoms with Crippen molar-refractivity contribution in [2.75, 3.05) is 43.0 Å². The summed E-state index contributed by atoms with van der Waals surface area (Å²) in [4.78, 5) is 26.3. The van der Waals surface area contributed by atoms with Crippen LogP contribution in [0.25, 0.3) is 0 Å². The number of nitrogens with zero attached hydrogens (tertiary/aromatic N) is 4. The van der Waals surface area contributed by atoms with Crippen molar-refractivity contribution in [3.8, 4) is 5.75 Å². The molecule has 0 radical (unpaired) electrons. The number of carbonyl (C=O) groups excluding carboxylic acids is 1. The summed E-state index contributed by atoms with van der Waals surface area (Å²) >= 11 is 0. The zero-order valence-corrected chi connectivity index (χ0v) is 19.2. The Balaban J connectivity index is 1.64. The van der Waals surface area contributed by atoms with Crippen molar-refractivity contribution in [3.05, 3.63) is 41.6 Å². The van der Waals surface area contributed by atoms with Crippen molar-refractivity contribution in [3.63, 3.8) is 0 Å². The highest BCUT2D eigenvalue weighted by Crippen LogP contribution is 2.27. The first-order chi connectivity index (χ1) is 15.0. The third-order valence-corrected chi connectivity index (χ3v) is 5.80. The summed E-state index contributed by atoms with van der Waals surface area (Å²) in [6.45, 7) is 13.0. The Bertz CT molecular complexity index is 869. The van der Waals surface area contributed by atoms with E-state index in [2.05, 4.69) is 41.0 Å². The van der Waals surface area contributed by atoms with E-state index in [0.717, 1.165) is 50.2 Å². The monoisotopic (exact) mass is 425 g/mol. The number of amides is 1. The fourth-order valence-corrected chi connectivity index (χ4v) is 3.91. The van der Waals surface area contributed by atoms with E-state index in [-0.39, 0.29) is 11.9 Å². The van der Waals surface area contributed by atoms with Crippen molar-refractivity contribution >= 4 is 17.7 Å². The Morgan fingerprint density at radius 1 is 1.19 bits per heavy atom. The van der Waals surface area contributed by atoms with Crippen molar-refractivity contribution in [1.29, 1.82) is 0 Å². The van der Waals surface area contributed by atoms with Crippen LogP contribution in [0.1, 0.15) is 56.5 Å². The maximum absolute atomic E-state index is 13.2. The molecule has 3 rings (SSSR count). The van der Waals surface area contributed by atoms with Gasteiger partial charge in [-0.05, 0) is 76.2 Å². The van der Waals surface area contributed by atoms with Crippen LogP contribution in [-0.2, 0) is 6.42 Å². The van der Waals surface area contributed by atoms with E-state index in [1.54, 1.807) is 17.2 Å². The third-order valence-electron chi connectivity index (χ3n) is 5.80. The minimum Gasteiger partial charge on any atom is -0.493 e. The Morgan fingerprint density at radius 3 is 2.74 bits per heavy atom. The highest BCUT2D eigenvalue weighted by molar-refractivity contribution is 6.05. The predicted molar refractivity (Wildman–Crippen MR) is 125 cm³/mol. The summed E-state index contributed by atoms with van der Waals surface area (Å²) in [5.41, 5.74) is 1.74. The number of carbonyl (C=O) groups is 1. The summed E-state index contributed by atoms with van der Waals surface area (Å²) in [6.07, 6.45) is 4.71. The number of benzene rings is 1. The van der Waals surface area contributed by atoms with Gasteiger partial charge in [-0.25, -0.2) is 4.98 Å². The minimum absolute atomic E-state index is 0.0610. The van der Waals surface area contributed by atoms with E-state index in [9.17, 15) is 4.79 Å². The maximum atomic E-state index is 13.2. The van der Waals surface area contributed by atoms with Gasteiger partial charge in [-0.2, -0.15) is 4.98 Å². The van der Waals surface area contributed by atoms with Crippen LogP contribution in [-0.4, -0.2) is 59.6 Å². The molecule has 31 heavy (non-hydrogen) atoms. The van der Waals surface area contributed by atoms with E-state index in [4.69, 9.17) is 4.74 Å². The van der Waals surface area contributed by atoms with Gasteiger partial charge in [-0.1, -0.05) is 13.8 Å². The number of hydrogen-bond donors (Lipinski definition) is 1. The Morgan fingerprint density at radius 2 is 2.00 bits per heavy atom. The molecule has 0 spiro atoms. The summed E-state index contributed by atoms with van der Waals surface area (Å²) in [5, 5.41) is 3.39. The second-order valence-corrected chi connectivity index (χ2v) is 7.92. The van der Waals surface area contributed by atoms with Gasteiger partial charge in [-0.15, -0.1) is 0 Å². The van der Waals surface area contributed by atoms with Crippen LogP contribution in [0.5, 0.6) is 5.75 Å². The first-order valence-corrected chi connectivity index (χ1v) is 11.4. The summed E-state index contributed by atoms with van der Waals surface area (Å²) in [5.74, 6) is 1.98. The number of nitrogens with one attached hydrogen (secondary N) is 1. The van der Waals surface area contributed by atoms with Crippen molar-refractivity contribution in [2.24, 2.45) is 0 Å². The van der Waals surface area contributed by atoms with E-state index >= 15 is 0 Å². The molecule has 1 N–H and O–H groups in total. The lowest BCUT2D eigenvalue weighted by molar-refractivity contribution is 0.0987. The molecule has 2 heterocycles. The normalized spacial score (nSPS) is 13.6. The van der Waals surface area contributed by atoms with Crippen LogP contribution in [0, 0.1) is 0 Å². The lowest BCUT2D eigenvalue weighted by Gasteiger charge is -2.22. The quantitative estimate of drug-likeness (QED) is 0.587. The predicted octanol–water partition coefficient (Wildman–Crippen LogP) is 4.00. The van der Waals surface area contributed by atoms with Gasteiger partial charge in [-0.3, -0.25) is 9.69 Å². The number of ether oxygens (including phenoxy) is 1. The molecule has 1 amide bonds. The molecule has 168 valence electrons. The van der Waals surface area contributed by atoms with Gasteiger partial charge >= 0.3 is 0 Å². The lowest BCUT2D eigenvalue weighted by Crippen LogP contribution is -2.32. The first kappa shape index (κ1) is 23.0. The fourth-order valence-electron chi connectivity index (χ4n) is 3.91. The molecular formula is C24H35N5O2. The number of fused-ring (bicyclic) bond motifs is 1. The molecule has 1 aromatic heterocycles. The molecule has 0 saturated carbocycles. The summed E-state index contributed by atoms with van der Waals surface area (Å²) < 4.78 is 5.55. The fraction of sp³-hybridized carbons (Fsp3) is 0.542. The van der Waals surface area contributed by atoms with Gasteiger partial charge in [0.2, 0.25) is 5.95 Å². The average molecular weight is 426 g/mol. The highest BCUT2D eigenvalue weighted by Gasteiger charge is 2.21. The summed E-state index contributed by atoms with van der Waals surface area (Å²) in [6, 6.07) is 7.69. The van der Waals surface area contributed by atoms with E-state index in [0.29, 0.717) is 30.5 Å². The standard InChI is InChI=1S/C24H35N5O2/c1-5-28(6-2)15-8-9-18(4)26-24-25-14-12-22(27-24)29(7-3)23(30)20-10-11-21-19(17-20)13-16-31-21/h10-12,14,17-18H,5-9,13,15-16H2,1-4H3,(H,25,26,27). The molecule has 1 unspecified atom stereocenters. The second-order valence-electron chi connectivity index (χ2n) is 7.92. The van der Waals surface area contributed by atoms with Gasteiger partial charge in [0.1, 0.15) is 11.6 Å². The smallest absolute Gasteiger partial charge is 0.259 e. The van der Waals surface area contributed by atoms with E-state index < -0.39 is 0 Å². The van der Waals surface area contributed by atoms with Crippen LogP contribution < -0.4 is 15.0 Å². The van der Waals surface area contributed by atoms with Crippen molar-refractivity contribution < 1.29 is 9.53 Å². The van der Waals surface area contributed by atoms with E-state index in [1.807, 2.05) is 25.1 Å². The largest absolute Gasteiger partial charge is 0.493 e. The number of rotatable bonds is 11. The molecule has 1 atom stereocenters. The van der Waals surface area contributed by atoms with Gasteiger partial charge in [0, 0.05) is 30.8 Å². The molecule has 0 saturated heterocycles. The van der Waals surface area contributed by atoms with Gasteiger partial charge < -0.3 is 15.0 Å². The number of anilines is 2. The maximum Gasteiger partial charge on any atom is 0.259 e. The molecule has 1 aliphatic heterocycles. The zero-order chi connectivity index (χ0) is 22.2. The molecule has 7 heteroatoms. The zero-order valence-electron chi connectivity index (χ0n) is 19.2. The molecule has 1 aliphatic rings. The molecule has 2 aromatic rings. The third kappa shape index (κ3) is 5.94. The topological polar surface area (TPSA) is 70.6 Å². The molecule has 1 aromatic carbocycles. The lowest BCUT2D eigenvalue weighted by atomic mass is 10.1. The minimum atomic E-state index is -0.0610. The van der Waals surface area contributed by atoms with Gasteiger partial charge in [0.25, 0.3) is 5.91 Å². The van der Waals surface area contributed by atoms with Crippen LogP contribution in [0.15, 0.2) is 30.5 Å². The van der Waals surface area contributed by atoms with Crippen molar-refractivity contribution in [2.45, 2.75) is 53.0 Å². The van der Waals surface area contributed by atoms with Gasteiger partial charge in [0.15, 0.2) is 0 Å². The van der Waals surface area contributed by atoms with Gasteiger partial charge in [0.05, 0.1) is 6.61 Å². The SMILES string of the molecule is CCN(CC)CCCC(C)Nc1nccc(N(CC)C(=O)c2ccc3c(c2)CCO3)n1. The average Bonchev–Trinajstić information content (AvgIpc) is 3.25. The van der Waals surface area contributed by atoms with Crippen molar-refractivity contribution in [1.82, 2.24) is 14.9 Å². The van der Waals surface area contributed by atoms with Crippen LogP contribution in [0.3, 0.4) is 0 Å². The molecule has 0 aliphatic carbocycles. The summed E-state index contributed by atoms with van der Waals surface area (Å²) in [7, 11) is 0. The Kier molecular flexibility index (Phi) is 8.23. The van der Waals surface area contributed by atoms with E-state index in [1.165, 1.54) is 0 Å². The Labute approximate surface area is 185 Å². The first-order valence-electron chi connectivity index (χ1n) is 11.4. The second kappa shape index (κ2) is 11.1.